The van der Waals surface area contributed by atoms with Crippen molar-refractivity contribution in [1.82, 2.24) is 5.32 Å². The lowest BCUT2D eigenvalue weighted by atomic mass is 9.81. The highest BCUT2D eigenvalue weighted by atomic mass is 32.2. The maximum absolute atomic E-state index is 4.08. The van der Waals surface area contributed by atoms with Crippen molar-refractivity contribution in [2.24, 2.45) is 0 Å². The molecule has 114 valence electrons. The van der Waals surface area contributed by atoms with Crippen LogP contribution in [0.5, 0.6) is 0 Å². The summed E-state index contributed by atoms with van der Waals surface area (Å²) in [5, 5.41) is 4.08. The smallest absolute Gasteiger partial charge is 0.0592 e. The second kappa shape index (κ2) is 6.10. The lowest BCUT2D eigenvalue weighted by molar-refractivity contribution is 0.246. The molecule has 1 atom stereocenters. The van der Waals surface area contributed by atoms with Crippen LogP contribution in [-0.2, 0) is 0 Å². The van der Waals surface area contributed by atoms with Gasteiger partial charge in [-0.1, -0.05) is 67.8 Å². The van der Waals surface area contributed by atoms with Crippen molar-refractivity contribution in [2.45, 2.75) is 48.6 Å². The number of thioether (sulfide) groups is 1. The molecular weight excluding hydrogens is 286 g/mol. The van der Waals surface area contributed by atoms with Gasteiger partial charge in [0.15, 0.2) is 0 Å². The highest BCUT2D eigenvalue weighted by Crippen LogP contribution is 2.42. The first-order valence-electron chi connectivity index (χ1n) is 8.41. The first kappa shape index (κ1) is 14.3. The van der Waals surface area contributed by atoms with E-state index in [1.807, 2.05) is 0 Å². The van der Waals surface area contributed by atoms with Gasteiger partial charge in [0.05, 0.1) is 6.04 Å². The molecule has 1 aliphatic carbocycles. The summed E-state index contributed by atoms with van der Waals surface area (Å²) in [6.07, 6.45) is 6.77. The number of benzene rings is 2. The fourth-order valence-corrected chi connectivity index (χ4v) is 5.25. The highest BCUT2D eigenvalue weighted by molar-refractivity contribution is 7.99. The molecule has 1 unspecified atom stereocenters. The van der Waals surface area contributed by atoms with E-state index in [0.29, 0.717) is 11.6 Å². The molecule has 0 radical (unpaired) electrons. The Bertz CT molecular complexity index is 631. The Morgan fingerprint density at radius 1 is 0.864 bits per heavy atom. The van der Waals surface area contributed by atoms with E-state index in [4.69, 9.17) is 0 Å². The van der Waals surface area contributed by atoms with Crippen LogP contribution in [-0.4, -0.2) is 11.3 Å². The van der Waals surface area contributed by atoms with Gasteiger partial charge in [-0.05, 0) is 30.0 Å². The SMILES string of the molecule is c1ccc(C2NC3(CCCCC3)CSc3ccccc32)cc1. The lowest BCUT2D eigenvalue weighted by Crippen LogP contribution is -2.49. The molecule has 1 N–H and O–H groups in total. The predicted octanol–water partition coefficient (Wildman–Crippen LogP) is 5.17. The fourth-order valence-electron chi connectivity index (χ4n) is 3.92. The molecule has 1 saturated carbocycles. The summed E-state index contributed by atoms with van der Waals surface area (Å²) in [6, 6.07) is 20.2. The summed E-state index contributed by atoms with van der Waals surface area (Å²) in [5.74, 6) is 1.20. The molecule has 4 rings (SSSR count). The van der Waals surface area contributed by atoms with Gasteiger partial charge in [-0.25, -0.2) is 0 Å². The minimum absolute atomic E-state index is 0.308. The van der Waals surface area contributed by atoms with Gasteiger partial charge in [0.25, 0.3) is 0 Å². The molecular formula is C20H23NS. The second-order valence-corrected chi connectivity index (χ2v) is 7.67. The molecule has 1 spiro atoms. The van der Waals surface area contributed by atoms with Gasteiger partial charge in [0.1, 0.15) is 0 Å². The summed E-state index contributed by atoms with van der Waals surface area (Å²) in [5.41, 5.74) is 3.14. The van der Waals surface area contributed by atoms with Crippen LogP contribution in [0.2, 0.25) is 0 Å². The van der Waals surface area contributed by atoms with E-state index in [0.717, 1.165) is 0 Å². The van der Waals surface area contributed by atoms with Gasteiger partial charge >= 0.3 is 0 Å². The molecule has 1 heterocycles. The number of hydrogen-bond acceptors (Lipinski definition) is 2. The van der Waals surface area contributed by atoms with Crippen LogP contribution in [0, 0.1) is 0 Å². The zero-order valence-electron chi connectivity index (χ0n) is 12.9. The predicted molar refractivity (Wildman–Crippen MR) is 94.4 cm³/mol. The van der Waals surface area contributed by atoms with Crippen molar-refractivity contribution in [3.8, 4) is 0 Å². The van der Waals surface area contributed by atoms with E-state index in [-0.39, 0.29) is 0 Å². The Morgan fingerprint density at radius 3 is 2.41 bits per heavy atom. The molecule has 0 amide bonds. The van der Waals surface area contributed by atoms with E-state index in [9.17, 15) is 0 Å². The Labute approximate surface area is 137 Å². The van der Waals surface area contributed by atoms with Crippen LogP contribution in [0.15, 0.2) is 59.5 Å². The van der Waals surface area contributed by atoms with Gasteiger partial charge in [-0.2, -0.15) is 0 Å². The lowest BCUT2D eigenvalue weighted by Gasteiger charge is -2.39. The van der Waals surface area contributed by atoms with Crippen LogP contribution in [0.25, 0.3) is 0 Å². The molecule has 1 nitrogen and oxygen atoms in total. The topological polar surface area (TPSA) is 12.0 Å². The summed E-state index contributed by atoms with van der Waals surface area (Å²) in [4.78, 5) is 1.45. The third-order valence-corrected chi connectivity index (χ3v) is 6.51. The van der Waals surface area contributed by atoms with Crippen molar-refractivity contribution in [1.29, 1.82) is 0 Å². The van der Waals surface area contributed by atoms with Gasteiger partial charge < -0.3 is 0 Å². The second-order valence-electron chi connectivity index (χ2n) is 6.66. The molecule has 0 saturated heterocycles. The molecule has 0 bridgehead atoms. The molecule has 2 aromatic rings. The minimum Gasteiger partial charge on any atom is -0.300 e. The average molecular weight is 309 g/mol. The average Bonchev–Trinajstić information content (AvgIpc) is 2.75. The van der Waals surface area contributed by atoms with Crippen molar-refractivity contribution in [3.05, 3.63) is 65.7 Å². The largest absolute Gasteiger partial charge is 0.300 e. The maximum Gasteiger partial charge on any atom is 0.0592 e. The Kier molecular flexibility index (Phi) is 3.98. The molecule has 0 aromatic heterocycles. The molecule has 2 heteroatoms. The number of hydrogen-bond donors (Lipinski definition) is 1. The van der Waals surface area contributed by atoms with Gasteiger partial charge in [-0.3, -0.25) is 5.32 Å². The standard InChI is InChI=1S/C20H23NS/c1-3-9-16(10-4-1)19-17-11-5-6-12-18(17)22-15-20(21-19)13-7-2-8-14-20/h1,3-6,9-12,19,21H,2,7-8,13-15H2. The number of fused-ring (bicyclic) bond motifs is 1. The van der Waals surface area contributed by atoms with Crippen LogP contribution >= 0.6 is 11.8 Å². The zero-order valence-corrected chi connectivity index (χ0v) is 13.7. The van der Waals surface area contributed by atoms with E-state index in [2.05, 4.69) is 71.7 Å². The normalized spacial score (nSPS) is 23.7. The van der Waals surface area contributed by atoms with Gasteiger partial charge in [-0.15, -0.1) is 11.8 Å². The highest BCUT2D eigenvalue weighted by Gasteiger charge is 2.37. The third kappa shape index (κ3) is 2.70. The van der Waals surface area contributed by atoms with Crippen LogP contribution in [0.1, 0.15) is 49.3 Å². The summed E-state index contributed by atoms with van der Waals surface area (Å²) >= 11 is 2.05. The Hall–Kier alpha value is -1.25. The van der Waals surface area contributed by atoms with Crippen molar-refractivity contribution < 1.29 is 0 Å². The minimum atomic E-state index is 0.308. The maximum atomic E-state index is 4.08. The van der Waals surface area contributed by atoms with Crippen molar-refractivity contribution >= 4 is 11.8 Å². The molecule has 22 heavy (non-hydrogen) atoms. The molecule has 1 fully saturated rings. The molecule has 2 aromatic carbocycles. The van der Waals surface area contributed by atoms with E-state index >= 15 is 0 Å². The monoisotopic (exact) mass is 309 g/mol. The van der Waals surface area contributed by atoms with Crippen molar-refractivity contribution in [2.75, 3.05) is 5.75 Å². The first-order chi connectivity index (χ1) is 10.9. The van der Waals surface area contributed by atoms with E-state index in [1.165, 1.54) is 53.9 Å². The van der Waals surface area contributed by atoms with Crippen molar-refractivity contribution in [3.63, 3.8) is 0 Å². The van der Waals surface area contributed by atoms with E-state index in [1.54, 1.807) is 0 Å². The fraction of sp³-hybridized carbons (Fsp3) is 0.400. The van der Waals surface area contributed by atoms with Crippen LogP contribution in [0.4, 0.5) is 0 Å². The molecule has 2 aliphatic rings. The summed E-state index contributed by atoms with van der Waals surface area (Å²) < 4.78 is 0. The summed E-state index contributed by atoms with van der Waals surface area (Å²) in [7, 11) is 0. The van der Waals surface area contributed by atoms with Crippen LogP contribution in [0.3, 0.4) is 0 Å². The van der Waals surface area contributed by atoms with Gasteiger partial charge in [0.2, 0.25) is 0 Å². The summed E-state index contributed by atoms with van der Waals surface area (Å²) in [6.45, 7) is 0. The number of rotatable bonds is 1. The Morgan fingerprint density at radius 2 is 1.59 bits per heavy atom. The molecule has 1 aliphatic heterocycles. The van der Waals surface area contributed by atoms with Crippen LogP contribution < -0.4 is 5.32 Å². The Balaban J connectivity index is 1.77. The quantitative estimate of drug-likeness (QED) is 0.779. The third-order valence-electron chi connectivity index (χ3n) is 5.13. The van der Waals surface area contributed by atoms with E-state index < -0.39 is 0 Å². The zero-order chi connectivity index (χ0) is 14.8. The number of nitrogens with one attached hydrogen (secondary N) is 1. The first-order valence-corrected chi connectivity index (χ1v) is 9.39. The van der Waals surface area contributed by atoms with Gasteiger partial charge in [0, 0.05) is 16.2 Å².